The molecule has 3 aromatic rings. The molecule has 1 aromatic heterocycles. The Kier molecular flexibility index (Phi) is 5.65. The highest BCUT2D eigenvalue weighted by Gasteiger charge is 2.23. The van der Waals surface area contributed by atoms with Gasteiger partial charge in [-0.25, -0.2) is 4.98 Å². The van der Waals surface area contributed by atoms with E-state index in [1.165, 1.54) is 0 Å². The highest BCUT2D eigenvalue weighted by Crippen LogP contribution is 2.31. The average molecular weight is 390 g/mol. The van der Waals surface area contributed by atoms with Crippen LogP contribution in [0.3, 0.4) is 0 Å². The van der Waals surface area contributed by atoms with Gasteiger partial charge < -0.3 is 10.2 Å². The monoisotopic (exact) mass is 390 g/mol. The summed E-state index contributed by atoms with van der Waals surface area (Å²) < 4.78 is 27.9. The molecule has 1 N–H and O–H groups in total. The van der Waals surface area contributed by atoms with E-state index in [2.05, 4.69) is 10.3 Å². The van der Waals surface area contributed by atoms with Gasteiger partial charge in [-0.15, -0.1) is 0 Å². The van der Waals surface area contributed by atoms with Crippen LogP contribution in [0.2, 0.25) is 0 Å². The van der Waals surface area contributed by atoms with Crippen molar-refractivity contribution in [3.63, 3.8) is 0 Å². The van der Waals surface area contributed by atoms with Crippen molar-refractivity contribution in [3.8, 4) is 0 Å². The molecular weight excluding hydrogens is 370 g/mol. The first-order chi connectivity index (χ1) is 12.9. The van der Waals surface area contributed by atoms with Crippen LogP contribution in [-0.2, 0) is 4.79 Å². The molecule has 0 fully saturated rings. The highest BCUT2D eigenvalue weighted by atomic mass is 32.2. The lowest BCUT2D eigenvalue weighted by atomic mass is 10.2. The maximum absolute atomic E-state index is 13.5. The summed E-state index contributed by atoms with van der Waals surface area (Å²) in [7, 11) is 3.86. The topological polar surface area (TPSA) is 50.2 Å². The summed E-state index contributed by atoms with van der Waals surface area (Å²) in [5.74, 6) is -0.273. The number of carbonyl (C=O) groups excluding carboxylic acids is 1. The van der Waals surface area contributed by atoms with Crippen LogP contribution in [0, 0.1) is 0 Å². The molecule has 0 saturated heterocycles. The number of hydrogen-bond acceptors (Lipinski definition) is 4. The minimum absolute atomic E-state index is 0.122. The number of anilines is 2. The minimum Gasteiger partial charge on any atom is -0.378 e. The summed E-state index contributed by atoms with van der Waals surface area (Å²) in [5.41, 5.74) is 2.50. The van der Waals surface area contributed by atoms with E-state index in [0.29, 0.717) is 16.7 Å². The van der Waals surface area contributed by atoms with E-state index in [1.54, 1.807) is 43.3 Å². The molecule has 0 saturated carbocycles. The number of aromatic nitrogens is 2. The van der Waals surface area contributed by atoms with Crippen LogP contribution in [-0.4, -0.2) is 34.8 Å². The number of carbonyl (C=O) groups is 1. The zero-order chi connectivity index (χ0) is 19.6. The van der Waals surface area contributed by atoms with Crippen LogP contribution in [0.4, 0.5) is 20.2 Å². The van der Waals surface area contributed by atoms with Gasteiger partial charge >= 0.3 is 6.55 Å². The summed E-state index contributed by atoms with van der Waals surface area (Å²) in [4.78, 5) is 18.7. The van der Waals surface area contributed by atoms with Crippen molar-refractivity contribution in [1.29, 1.82) is 0 Å². The third-order valence-corrected chi connectivity index (χ3v) is 5.13. The SMILES string of the molecule is CC(Sc1nc2ccccc2n1C(F)F)C(=O)Nc1ccc(N(C)C)cc1. The van der Waals surface area contributed by atoms with Crippen molar-refractivity contribution in [1.82, 2.24) is 9.55 Å². The van der Waals surface area contributed by atoms with Crippen molar-refractivity contribution in [2.24, 2.45) is 0 Å². The summed E-state index contributed by atoms with van der Waals surface area (Å²) in [6.07, 6.45) is 0. The lowest BCUT2D eigenvalue weighted by molar-refractivity contribution is -0.115. The van der Waals surface area contributed by atoms with Crippen LogP contribution < -0.4 is 10.2 Å². The number of rotatable bonds is 6. The Balaban J connectivity index is 1.75. The van der Waals surface area contributed by atoms with E-state index in [9.17, 15) is 13.6 Å². The Morgan fingerprint density at radius 1 is 1.15 bits per heavy atom. The van der Waals surface area contributed by atoms with Gasteiger partial charge in [-0.1, -0.05) is 23.9 Å². The molecule has 27 heavy (non-hydrogen) atoms. The fourth-order valence-corrected chi connectivity index (χ4v) is 3.52. The molecule has 5 nitrogen and oxygen atoms in total. The lowest BCUT2D eigenvalue weighted by Gasteiger charge is -2.15. The quantitative estimate of drug-likeness (QED) is 0.624. The first-order valence-corrected chi connectivity index (χ1v) is 9.25. The van der Waals surface area contributed by atoms with Crippen LogP contribution >= 0.6 is 11.8 Å². The summed E-state index contributed by atoms with van der Waals surface area (Å²) in [6, 6.07) is 14.1. The molecule has 0 radical (unpaired) electrons. The molecule has 2 aromatic carbocycles. The van der Waals surface area contributed by atoms with Gasteiger partial charge in [-0.05, 0) is 43.3 Å². The second-order valence-corrected chi connectivity index (χ2v) is 7.53. The molecule has 1 amide bonds. The van der Waals surface area contributed by atoms with Crippen LogP contribution in [0.15, 0.2) is 53.7 Å². The van der Waals surface area contributed by atoms with E-state index in [1.807, 2.05) is 31.1 Å². The number of halogens is 2. The Hall–Kier alpha value is -2.61. The van der Waals surface area contributed by atoms with Gasteiger partial charge in [0.1, 0.15) is 0 Å². The third-order valence-electron chi connectivity index (χ3n) is 4.06. The summed E-state index contributed by atoms with van der Waals surface area (Å²) >= 11 is 1.01. The van der Waals surface area contributed by atoms with Crippen molar-refractivity contribution in [3.05, 3.63) is 48.5 Å². The maximum atomic E-state index is 13.5. The predicted octanol–water partition coefficient (Wildman–Crippen LogP) is 4.62. The van der Waals surface area contributed by atoms with E-state index >= 15 is 0 Å². The van der Waals surface area contributed by atoms with Gasteiger partial charge in [-0.2, -0.15) is 8.78 Å². The van der Waals surface area contributed by atoms with Crippen LogP contribution in [0.5, 0.6) is 0 Å². The van der Waals surface area contributed by atoms with E-state index < -0.39 is 11.8 Å². The smallest absolute Gasteiger partial charge is 0.321 e. The van der Waals surface area contributed by atoms with Crippen molar-refractivity contribution < 1.29 is 13.6 Å². The number of thioether (sulfide) groups is 1. The molecule has 0 aliphatic rings. The standard InChI is InChI=1S/C19H20F2N4OS/c1-12(17(26)22-13-8-10-14(11-9-13)24(2)3)27-19-23-15-6-4-5-7-16(15)25(19)18(20)21/h4-12,18H,1-3H3,(H,22,26). The zero-order valence-corrected chi connectivity index (χ0v) is 16.0. The molecular formula is C19H20F2N4OS. The Bertz CT molecular complexity index is 941. The van der Waals surface area contributed by atoms with Crippen molar-refractivity contribution in [2.75, 3.05) is 24.3 Å². The fourth-order valence-electron chi connectivity index (χ4n) is 2.59. The molecule has 0 aliphatic heterocycles. The van der Waals surface area contributed by atoms with E-state index in [-0.39, 0.29) is 11.1 Å². The number of imidazole rings is 1. The van der Waals surface area contributed by atoms with Gasteiger partial charge in [0, 0.05) is 25.5 Å². The Labute approximate surface area is 160 Å². The van der Waals surface area contributed by atoms with E-state index in [0.717, 1.165) is 22.0 Å². The summed E-state index contributed by atoms with van der Waals surface area (Å²) in [5, 5.41) is 2.34. The normalized spacial score (nSPS) is 12.4. The number of fused-ring (bicyclic) bond motifs is 1. The molecule has 142 valence electrons. The first kappa shape index (κ1) is 19.2. The first-order valence-electron chi connectivity index (χ1n) is 8.37. The third kappa shape index (κ3) is 4.21. The van der Waals surface area contributed by atoms with Gasteiger partial charge in [0.15, 0.2) is 5.16 Å². The summed E-state index contributed by atoms with van der Waals surface area (Å²) in [6.45, 7) is -1.06. The van der Waals surface area contributed by atoms with Gasteiger partial charge in [0.05, 0.1) is 16.3 Å². The minimum atomic E-state index is -2.73. The lowest BCUT2D eigenvalue weighted by Crippen LogP contribution is -2.23. The molecule has 0 aliphatic carbocycles. The largest absolute Gasteiger partial charge is 0.378 e. The number of hydrogen-bond donors (Lipinski definition) is 1. The number of para-hydroxylation sites is 2. The van der Waals surface area contributed by atoms with Crippen LogP contribution in [0.1, 0.15) is 13.5 Å². The second kappa shape index (κ2) is 7.96. The Morgan fingerprint density at radius 2 is 1.81 bits per heavy atom. The molecule has 1 atom stereocenters. The van der Waals surface area contributed by atoms with Crippen molar-refractivity contribution >= 4 is 40.1 Å². The maximum Gasteiger partial charge on any atom is 0.321 e. The number of amides is 1. The predicted molar refractivity (Wildman–Crippen MR) is 106 cm³/mol. The number of nitrogens with one attached hydrogen (secondary N) is 1. The van der Waals surface area contributed by atoms with Gasteiger partial charge in [0.25, 0.3) is 0 Å². The second-order valence-electron chi connectivity index (χ2n) is 6.22. The molecule has 3 rings (SSSR count). The molecule has 0 bridgehead atoms. The molecule has 0 spiro atoms. The van der Waals surface area contributed by atoms with E-state index in [4.69, 9.17) is 0 Å². The zero-order valence-electron chi connectivity index (χ0n) is 15.2. The number of nitrogens with zero attached hydrogens (tertiary/aromatic N) is 3. The molecule has 8 heteroatoms. The number of benzene rings is 2. The van der Waals surface area contributed by atoms with Gasteiger partial charge in [0.2, 0.25) is 5.91 Å². The highest BCUT2D eigenvalue weighted by molar-refractivity contribution is 8.00. The molecule has 1 unspecified atom stereocenters. The van der Waals surface area contributed by atoms with Crippen molar-refractivity contribution in [2.45, 2.75) is 23.9 Å². The molecule has 1 heterocycles. The average Bonchev–Trinajstić information content (AvgIpc) is 3.00. The Morgan fingerprint density at radius 3 is 2.44 bits per heavy atom. The fraction of sp³-hybridized carbons (Fsp3) is 0.263. The van der Waals surface area contributed by atoms with Crippen LogP contribution in [0.25, 0.3) is 11.0 Å². The van der Waals surface area contributed by atoms with Gasteiger partial charge in [-0.3, -0.25) is 9.36 Å². The number of alkyl halides is 2.